The quantitative estimate of drug-likeness (QED) is 0.766. The van der Waals surface area contributed by atoms with Gasteiger partial charge >= 0.3 is 6.36 Å². The Labute approximate surface area is 177 Å². The zero-order valence-electron chi connectivity index (χ0n) is 16.7. The predicted octanol–water partition coefficient (Wildman–Crippen LogP) is 4.56. The average molecular weight is 433 g/mol. The first kappa shape index (κ1) is 20.1. The smallest absolute Gasteiger partial charge is 0.406 e. The third kappa shape index (κ3) is 3.94. The Kier molecular flexibility index (Phi) is 5.00. The third-order valence-corrected chi connectivity index (χ3v) is 6.25. The van der Waals surface area contributed by atoms with E-state index >= 15 is 0 Å². The van der Waals surface area contributed by atoms with Crippen molar-refractivity contribution in [3.8, 4) is 5.75 Å². The van der Waals surface area contributed by atoms with Crippen molar-refractivity contribution in [1.29, 1.82) is 0 Å². The van der Waals surface area contributed by atoms with E-state index in [1.54, 1.807) is 17.2 Å². The molecule has 3 aliphatic rings. The van der Waals surface area contributed by atoms with Crippen LogP contribution in [0.25, 0.3) is 0 Å². The van der Waals surface area contributed by atoms with Crippen LogP contribution in [0, 0.1) is 0 Å². The summed E-state index contributed by atoms with van der Waals surface area (Å²) >= 11 is 0. The van der Waals surface area contributed by atoms with Crippen molar-refractivity contribution in [3.05, 3.63) is 47.3 Å². The molecule has 1 amide bonds. The summed E-state index contributed by atoms with van der Waals surface area (Å²) in [6.45, 7) is 2.15. The molecule has 0 spiro atoms. The number of carbonyl (C=O) groups excluding carboxylic acids is 1. The van der Waals surface area contributed by atoms with Crippen molar-refractivity contribution < 1.29 is 27.4 Å². The van der Waals surface area contributed by atoms with Crippen molar-refractivity contribution in [3.63, 3.8) is 0 Å². The van der Waals surface area contributed by atoms with E-state index in [0.717, 1.165) is 36.1 Å². The summed E-state index contributed by atoms with van der Waals surface area (Å²) in [5.74, 6) is 0.271. The van der Waals surface area contributed by atoms with Gasteiger partial charge in [-0.15, -0.1) is 13.2 Å². The molecule has 31 heavy (non-hydrogen) atoms. The maximum Gasteiger partial charge on any atom is 0.573 e. The van der Waals surface area contributed by atoms with Gasteiger partial charge in [0.2, 0.25) is 0 Å². The Balaban J connectivity index is 1.46. The SMILES string of the molecule is O=C(c1ncc(Nc2cccc(OC(F)(F)F)c2)c2c1C1CCC2C1)N1CCOCC1. The molecule has 1 N–H and O–H groups in total. The fourth-order valence-electron chi connectivity index (χ4n) is 5.01. The van der Waals surface area contributed by atoms with Crippen LogP contribution < -0.4 is 10.1 Å². The molecular weight excluding hydrogens is 411 g/mol. The standard InChI is InChI=1S/C22H22F3N3O3/c23-22(24,25)31-16-3-1-2-15(11-16)27-17-12-26-20(21(29)28-6-8-30-9-7-28)19-14-5-4-13(10-14)18(17)19/h1-3,11-14,27H,4-10H2. The number of morpholine rings is 1. The number of fused-ring (bicyclic) bond motifs is 5. The van der Waals surface area contributed by atoms with Gasteiger partial charge in [-0.1, -0.05) is 6.07 Å². The number of nitrogens with zero attached hydrogens (tertiary/aromatic N) is 2. The van der Waals surface area contributed by atoms with E-state index in [0.29, 0.717) is 49.5 Å². The molecule has 2 fully saturated rings. The second kappa shape index (κ2) is 7.71. The lowest BCUT2D eigenvalue weighted by molar-refractivity contribution is -0.274. The lowest BCUT2D eigenvalue weighted by Crippen LogP contribution is -2.41. The van der Waals surface area contributed by atoms with Crippen molar-refractivity contribution in [1.82, 2.24) is 9.88 Å². The lowest BCUT2D eigenvalue weighted by atomic mass is 9.89. The highest BCUT2D eigenvalue weighted by molar-refractivity contribution is 5.95. The number of aromatic nitrogens is 1. The van der Waals surface area contributed by atoms with E-state index in [9.17, 15) is 18.0 Å². The van der Waals surface area contributed by atoms with Gasteiger partial charge in [-0.2, -0.15) is 0 Å². The number of anilines is 2. The molecule has 2 aliphatic carbocycles. The van der Waals surface area contributed by atoms with Crippen LogP contribution in [-0.4, -0.2) is 48.5 Å². The molecule has 5 rings (SSSR count). The van der Waals surface area contributed by atoms with E-state index in [4.69, 9.17) is 4.74 Å². The summed E-state index contributed by atoms with van der Waals surface area (Å²) in [4.78, 5) is 19.4. The number of alkyl halides is 3. The van der Waals surface area contributed by atoms with Gasteiger partial charge in [-0.05, 0) is 54.4 Å². The van der Waals surface area contributed by atoms with Crippen LogP contribution in [0.15, 0.2) is 30.5 Å². The summed E-state index contributed by atoms with van der Waals surface area (Å²) in [6, 6.07) is 5.74. The van der Waals surface area contributed by atoms with Crippen molar-refractivity contribution >= 4 is 17.3 Å². The molecule has 1 saturated heterocycles. The minimum absolute atomic E-state index is 0.0702. The Morgan fingerprint density at radius 2 is 1.90 bits per heavy atom. The Bertz CT molecular complexity index is 1010. The number of amides is 1. The van der Waals surface area contributed by atoms with Crippen molar-refractivity contribution in [2.45, 2.75) is 37.5 Å². The first-order valence-corrected chi connectivity index (χ1v) is 10.4. The normalized spacial score (nSPS) is 22.4. The van der Waals surface area contributed by atoms with Crippen molar-refractivity contribution in [2.75, 3.05) is 31.6 Å². The minimum Gasteiger partial charge on any atom is -0.406 e. The van der Waals surface area contributed by atoms with Crippen LogP contribution in [0.5, 0.6) is 5.75 Å². The molecule has 2 atom stereocenters. The van der Waals surface area contributed by atoms with Crippen molar-refractivity contribution in [2.24, 2.45) is 0 Å². The van der Waals surface area contributed by atoms with Crippen LogP contribution in [0.1, 0.15) is 52.7 Å². The lowest BCUT2D eigenvalue weighted by Gasteiger charge is -2.29. The first-order valence-electron chi connectivity index (χ1n) is 10.4. The number of ether oxygens (including phenoxy) is 2. The number of halogens is 3. The first-order chi connectivity index (χ1) is 14.9. The fraction of sp³-hybridized carbons (Fsp3) is 0.455. The number of hydrogen-bond acceptors (Lipinski definition) is 5. The molecule has 1 aromatic carbocycles. The number of nitrogens with one attached hydrogen (secondary N) is 1. The van der Waals surface area contributed by atoms with Gasteiger partial charge in [0.1, 0.15) is 11.4 Å². The summed E-state index contributed by atoms with van der Waals surface area (Å²) in [6.07, 6.45) is -0.0667. The molecule has 2 aromatic rings. The van der Waals surface area contributed by atoms with Gasteiger partial charge in [0, 0.05) is 24.8 Å². The monoisotopic (exact) mass is 433 g/mol. The molecule has 2 bridgehead atoms. The molecule has 0 radical (unpaired) electrons. The van der Waals surface area contributed by atoms with Gasteiger partial charge < -0.3 is 19.7 Å². The van der Waals surface area contributed by atoms with E-state index in [2.05, 4.69) is 15.0 Å². The Morgan fingerprint density at radius 3 is 2.65 bits per heavy atom. The molecule has 164 valence electrons. The average Bonchev–Trinajstić information content (AvgIpc) is 3.36. The van der Waals surface area contributed by atoms with Gasteiger partial charge in [-0.25, -0.2) is 4.98 Å². The van der Waals surface area contributed by atoms with Crippen LogP contribution in [0.2, 0.25) is 0 Å². The summed E-state index contributed by atoms with van der Waals surface area (Å²) in [5.41, 5.74) is 3.79. The van der Waals surface area contributed by atoms with E-state index in [-0.39, 0.29) is 11.7 Å². The highest BCUT2D eigenvalue weighted by atomic mass is 19.4. The highest BCUT2D eigenvalue weighted by Crippen LogP contribution is 2.56. The largest absolute Gasteiger partial charge is 0.573 e. The van der Waals surface area contributed by atoms with E-state index in [1.807, 2.05) is 0 Å². The van der Waals surface area contributed by atoms with Gasteiger partial charge in [0.25, 0.3) is 5.91 Å². The number of rotatable bonds is 4. The molecule has 2 unspecified atom stereocenters. The van der Waals surface area contributed by atoms with Crippen LogP contribution in [-0.2, 0) is 4.74 Å². The highest BCUT2D eigenvalue weighted by Gasteiger charge is 2.42. The summed E-state index contributed by atoms with van der Waals surface area (Å²) in [7, 11) is 0. The Hall–Kier alpha value is -2.81. The van der Waals surface area contributed by atoms with Crippen LogP contribution in [0.3, 0.4) is 0 Å². The minimum atomic E-state index is -4.75. The summed E-state index contributed by atoms with van der Waals surface area (Å²) in [5, 5.41) is 3.21. The fourth-order valence-corrected chi connectivity index (χ4v) is 5.01. The maximum absolute atomic E-state index is 13.1. The zero-order chi connectivity index (χ0) is 21.6. The molecule has 9 heteroatoms. The molecule has 1 aromatic heterocycles. The Morgan fingerprint density at radius 1 is 1.16 bits per heavy atom. The number of hydrogen-bond donors (Lipinski definition) is 1. The van der Waals surface area contributed by atoms with Gasteiger partial charge in [0.05, 0.1) is 25.1 Å². The van der Waals surface area contributed by atoms with Gasteiger partial charge in [0.15, 0.2) is 0 Å². The van der Waals surface area contributed by atoms with Crippen LogP contribution in [0.4, 0.5) is 24.5 Å². The second-order valence-electron chi connectivity index (χ2n) is 8.16. The number of pyridine rings is 1. The summed E-state index contributed by atoms with van der Waals surface area (Å²) < 4.78 is 47.0. The number of carbonyl (C=O) groups is 1. The molecule has 1 saturated carbocycles. The zero-order valence-corrected chi connectivity index (χ0v) is 16.7. The molecule has 6 nitrogen and oxygen atoms in total. The van der Waals surface area contributed by atoms with Crippen LogP contribution >= 0.6 is 0 Å². The topological polar surface area (TPSA) is 63.7 Å². The van der Waals surface area contributed by atoms with E-state index in [1.165, 1.54) is 18.2 Å². The van der Waals surface area contributed by atoms with E-state index < -0.39 is 6.36 Å². The third-order valence-electron chi connectivity index (χ3n) is 6.25. The number of benzene rings is 1. The maximum atomic E-state index is 13.1. The molecule has 2 heterocycles. The molecule has 1 aliphatic heterocycles. The second-order valence-corrected chi connectivity index (χ2v) is 8.16. The molecular formula is C22H22F3N3O3. The van der Waals surface area contributed by atoms with Gasteiger partial charge in [-0.3, -0.25) is 4.79 Å². The predicted molar refractivity (Wildman–Crippen MR) is 107 cm³/mol.